The maximum absolute atomic E-state index is 12.3. The molecule has 1 amide bonds. The molecule has 0 atom stereocenters. The molecule has 0 fully saturated rings. The van der Waals surface area contributed by atoms with Crippen LogP contribution in [0.25, 0.3) is 11.5 Å². The summed E-state index contributed by atoms with van der Waals surface area (Å²) in [5, 5.41) is 10.5. The number of ether oxygens (including phenoxy) is 2. The smallest absolute Gasteiger partial charge is 0.322 e. The van der Waals surface area contributed by atoms with E-state index in [1.54, 1.807) is 42.1 Å². The van der Waals surface area contributed by atoms with Gasteiger partial charge in [-0.15, -0.1) is 16.9 Å². The highest BCUT2D eigenvalue weighted by molar-refractivity contribution is 7.98. The minimum Gasteiger partial charge on any atom is -0.490 e. The van der Waals surface area contributed by atoms with Crippen LogP contribution < -0.4 is 14.8 Å². The molecule has 0 spiro atoms. The Morgan fingerprint density at radius 2 is 1.75 bits per heavy atom. The van der Waals surface area contributed by atoms with Crippen LogP contribution in [0.15, 0.2) is 51.8 Å². The van der Waals surface area contributed by atoms with E-state index in [2.05, 4.69) is 15.5 Å². The zero-order chi connectivity index (χ0) is 19.9. The molecular weight excluding hydrogens is 378 g/mol. The van der Waals surface area contributed by atoms with Crippen molar-refractivity contribution in [2.75, 3.05) is 24.8 Å². The van der Waals surface area contributed by atoms with Crippen LogP contribution in [0.3, 0.4) is 0 Å². The highest BCUT2D eigenvalue weighted by Crippen LogP contribution is 2.32. The summed E-state index contributed by atoms with van der Waals surface area (Å²) >= 11 is 1.61. The molecule has 146 valence electrons. The van der Waals surface area contributed by atoms with Crippen molar-refractivity contribution in [3.05, 3.63) is 48.0 Å². The first-order chi connectivity index (χ1) is 13.6. The highest BCUT2D eigenvalue weighted by atomic mass is 32.2. The molecule has 7 nitrogen and oxygen atoms in total. The summed E-state index contributed by atoms with van der Waals surface area (Å²) in [5.41, 5.74) is 1.18. The number of carbonyl (C=O) groups excluding carboxylic acids is 1. The average molecular weight is 399 g/mol. The standard InChI is InChI=1S/C20H21N3O4S/c1-4-25-16-11-8-14(12-17(16)26-5-2)19-22-23-20(27-19)21-18(24)13-6-9-15(28-3)10-7-13/h6-12H,4-5H2,1-3H3,(H,21,23,24). The number of amides is 1. The van der Waals surface area contributed by atoms with Crippen molar-refractivity contribution in [2.45, 2.75) is 18.7 Å². The van der Waals surface area contributed by atoms with Gasteiger partial charge in [0.25, 0.3) is 5.91 Å². The van der Waals surface area contributed by atoms with Crippen molar-refractivity contribution in [1.82, 2.24) is 10.2 Å². The van der Waals surface area contributed by atoms with Crippen LogP contribution in [0.4, 0.5) is 6.01 Å². The Balaban J connectivity index is 1.75. The molecule has 0 aliphatic carbocycles. The molecule has 1 heterocycles. The van der Waals surface area contributed by atoms with Gasteiger partial charge in [-0.1, -0.05) is 5.10 Å². The van der Waals surface area contributed by atoms with Crippen LogP contribution in [0.1, 0.15) is 24.2 Å². The number of benzene rings is 2. The predicted octanol–water partition coefficient (Wildman–Crippen LogP) is 4.51. The van der Waals surface area contributed by atoms with E-state index in [0.29, 0.717) is 35.8 Å². The van der Waals surface area contributed by atoms with Gasteiger partial charge in [0, 0.05) is 16.0 Å². The highest BCUT2D eigenvalue weighted by Gasteiger charge is 2.15. The maximum Gasteiger partial charge on any atom is 0.322 e. The lowest BCUT2D eigenvalue weighted by Crippen LogP contribution is -2.11. The molecular formula is C20H21N3O4S. The molecule has 28 heavy (non-hydrogen) atoms. The molecule has 0 unspecified atom stereocenters. The number of rotatable bonds is 8. The number of carbonyl (C=O) groups is 1. The Morgan fingerprint density at radius 1 is 1.04 bits per heavy atom. The Hall–Kier alpha value is -3.00. The summed E-state index contributed by atoms with van der Waals surface area (Å²) in [5.74, 6) is 1.20. The number of nitrogens with one attached hydrogen (secondary N) is 1. The van der Waals surface area contributed by atoms with Crippen molar-refractivity contribution in [2.24, 2.45) is 0 Å². The molecule has 1 N–H and O–H groups in total. The molecule has 8 heteroatoms. The molecule has 0 aliphatic heterocycles. The van der Waals surface area contributed by atoms with Crippen LogP contribution in [-0.2, 0) is 0 Å². The fourth-order valence-electron chi connectivity index (χ4n) is 2.49. The van der Waals surface area contributed by atoms with Crippen LogP contribution >= 0.6 is 11.8 Å². The number of hydrogen-bond donors (Lipinski definition) is 1. The van der Waals surface area contributed by atoms with Gasteiger partial charge in [0.15, 0.2) is 11.5 Å². The lowest BCUT2D eigenvalue weighted by Gasteiger charge is -2.11. The van der Waals surface area contributed by atoms with Gasteiger partial charge in [-0.05, 0) is 62.6 Å². The van der Waals surface area contributed by atoms with Gasteiger partial charge >= 0.3 is 6.01 Å². The van der Waals surface area contributed by atoms with E-state index in [4.69, 9.17) is 13.9 Å². The van der Waals surface area contributed by atoms with Gasteiger partial charge in [-0.3, -0.25) is 10.1 Å². The van der Waals surface area contributed by atoms with Gasteiger partial charge in [0.2, 0.25) is 5.89 Å². The molecule has 1 aromatic heterocycles. The van der Waals surface area contributed by atoms with Gasteiger partial charge in [0.05, 0.1) is 13.2 Å². The van der Waals surface area contributed by atoms with Crippen LogP contribution in [0.5, 0.6) is 11.5 Å². The van der Waals surface area contributed by atoms with Gasteiger partial charge in [0.1, 0.15) is 0 Å². The van der Waals surface area contributed by atoms with Crippen LogP contribution in [0.2, 0.25) is 0 Å². The number of nitrogens with zero attached hydrogens (tertiary/aromatic N) is 2. The minimum atomic E-state index is -0.315. The second-order valence-corrected chi connectivity index (χ2v) is 6.50. The Kier molecular flexibility index (Phi) is 6.54. The second-order valence-electron chi connectivity index (χ2n) is 5.62. The van der Waals surface area contributed by atoms with Gasteiger partial charge < -0.3 is 13.9 Å². The fraction of sp³-hybridized carbons (Fsp3) is 0.250. The third-order valence-electron chi connectivity index (χ3n) is 3.79. The predicted molar refractivity (Wildman–Crippen MR) is 108 cm³/mol. The lowest BCUT2D eigenvalue weighted by atomic mass is 10.2. The molecule has 0 bridgehead atoms. The summed E-state index contributed by atoms with van der Waals surface area (Å²) < 4.78 is 16.8. The largest absolute Gasteiger partial charge is 0.490 e. The van der Waals surface area contributed by atoms with Crippen molar-refractivity contribution in [1.29, 1.82) is 0 Å². The Labute approximate surface area is 167 Å². The fourth-order valence-corrected chi connectivity index (χ4v) is 2.89. The van der Waals surface area contributed by atoms with E-state index in [-0.39, 0.29) is 17.8 Å². The molecule has 0 aliphatic rings. The summed E-state index contributed by atoms with van der Waals surface area (Å²) in [6, 6.07) is 12.7. The molecule has 3 rings (SSSR count). The quantitative estimate of drug-likeness (QED) is 0.558. The van der Waals surface area contributed by atoms with Crippen molar-refractivity contribution < 1.29 is 18.7 Å². The summed E-state index contributed by atoms with van der Waals surface area (Å²) in [7, 11) is 0. The van der Waals surface area contributed by atoms with Crippen molar-refractivity contribution in [3.8, 4) is 23.0 Å². The minimum absolute atomic E-state index is 0.0285. The summed E-state index contributed by atoms with van der Waals surface area (Å²) in [6.45, 7) is 4.85. The monoisotopic (exact) mass is 399 g/mol. The van der Waals surface area contributed by atoms with E-state index in [0.717, 1.165) is 4.90 Å². The lowest BCUT2D eigenvalue weighted by molar-refractivity contribution is 0.102. The third kappa shape index (κ3) is 4.64. The molecule has 0 saturated heterocycles. The third-order valence-corrected chi connectivity index (χ3v) is 4.53. The van der Waals surface area contributed by atoms with E-state index in [1.807, 2.05) is 32.2 Å². The SMILES string of the molecule is CCOc1ccc(-c2nnc(NC(=O)c3ccc(SC)cc3)o2)cc1OCC. The van der Waals surface area contributed by atoms with E-state index >= 15 is 0 Å². The Morgan fingerprint density at radius 3 is 2.43 bits per heavy atom. The Bertz CT molecular complexity index is 941. The van der Waals surface area contributed by atoms with E-state index in [1.165, 1.54) is 0 Å². The first kappa shape index (κ1) is 19.8. The summed E-state index contributed by atoms with van der Waals surface area (Å²) in [6.07, 6.45) is 1.98. The first-order valence-corrected chi connectivity index (χ1v) is 10.1. The van der Waals surface area contributed by atoms with E-state index in [9.17, 15) is 4.79 Å². The number of aromatic nitrogens is 2. The molecule has 0 radical (unpaired) electrons. The number of hydrogen-bond acceptors (Lipinski definition) is 7. The normalized spacial score (nSPS) is 10.5. The second kappa shape index (κ2) is 9.27. The zero-order valence-corrected chi connectivity index (χ0v) is 16.7. The van der Waals surface area contributed by atoms with Crippen LogP contribution in [0, 0.1) is 0 Å². The number of thioether (sulfide) groups is 1. The average Bonchev–Trinajstić information content (AvgIpc) is 3.18. The number of anilines is 1. The maximum atomic E-state index is 12.3. The first-order valence-electron chi connectivity index (χ1n) is 8.83. The van der Waals surface area contributed by atoms with Crippen LogP contribution in [-0.4, -0.2) is 35.6 Å². The van der Waals surface area contributed by atoms with Crippen molar-refractivity contribution in [3.63, 3.8) is 0 Å². The molecule has 3 aromatic rings. The summed E-state index contributed by atoms with van der Waals surface area (Å²) in [4.78, 5) is 13.4. The van der Waals surface area contributed by atoms with Gasteiger partial charge in [-0.2, -0.15) is 0 Å². The molecule has 0 saturated carbocycles. The van der Waals surface area contributed by atoms with Crippen molar-refractivity contribution >= 4 is 23.7 Å². The topological polar surface area (TPSA) is 86.5 Å². The molecule has 2 aromatic carbocycles. The zero-order valence-electron chi connectivity index (χ0n) is 15.9. The van der Waals surface area contributed by atoms with E-state index < -0.39 is 0 Å². The van der Waals surface area contributed by atoms with Gasteiger partial charge in [-0.25, -0.2) is 0 Å².